The Morgan fingerprint density at radius 3 is 1.61 bits per heavy atom. The summed E-state index contributed by atoms with van der Waals surface area (Å²) in [6.07, 6.45) is 0. The van der Waals surface area contributed by atoms with Crippen molar-refractivity contribution in [3.05, 3.63) is 71.3 Å². The van der Waals surface area contributed by atoms with E-state index in [9.17, 15) is 13.6 Å². The number of likely N-dealkylation sites (N-methyl/N-ethyl adjacent to an activating group) is 1. The molecule has 0 aliphatic carbocycles. The van der Waals surface area contributed by atoms with Gasteiger partial charge in [0, 0.05) is 25.2 Å². The van der Waals surface area contributed by atoms with E-state index in [1.165, 1.54) is 34.1 Å². The number of piperazine rings is 1. The van der Waals surface area contributed by atoms with Crippen LogP contribution in [0.3, 0.4) is 0 Å². The molecule has 2 aromatic rings. The van der Waals surface area contributed by atoms with Crippen LogP contribution < -0.4 is 9.80 Å². The topological polar surface area (TPSA) is 29.2 Å². The van der Waals surface area contributed by atoms with Crippen LogP contribution in [-0.4, -0.2) is 57.1 Å². The highest BCUT2D eigenvalue weighted by Gasteiger charge is 2.36. The molecule has 3 rings (SSSR count). The second-order valence-electron chi connectivity index (χ2n) is 7.81. The first-order chi connectivity index (χ1) is 13.4. The minimum absolute atomic E-state index is 0.0163. The number of hydrogen-bond donors (Lipinski definition) is 2. The highest BCUT2D eigenvalue weighted by atomic mass is 19.1. The Bertz CT molecular complexity index is 739. The number of hydrogen-bond acceptors (Lipinski definition) is 1. The summed E-state index contributed by atoms with van der Waals surface area (Å²) in [7, 11) is 3.58. The zero-order valence-electron chi connectivity index (χ0n) is 16.7. The summed E-state index contributed by atoms with van der Waals surface area (Å²) in [4.78, 5) is 16.6. The van der Waals surface area contributed by atoms with E-state index < -0.39 is 0 Å². The molecule has 28 heavy (non-hydrogen) atoms. The first kappa shape index (κ1) is 20.4. The second kappa shape index (κ2) is 8.80. The molecule has 1 aliphatic rings. The number of nitrogens with zero attached hydrogens (tertiary/aromatic N) is 1. The first-order valence-corrected chi connectivity index (χ1v) is 9.78. The molecule has 1 amide bonds. The smallest absolute Gasteiger partial charge is 0.280 e. The monoisotopic (exact) mass is 389 g/mol. The van der Waals surface area contributed by atoms with Gasteiger partial charge in [0.2, 0.25) is 0 Å². The Kier molecular flexibility index (Phi) is 6.42. The van der Waals surface area contributed by atoms with E-state index in [0.29, 0.717) is 0 Å². The van der Waals surface area contributed by atoms with Gasteiger partial charge in [0.1, 0.15) is 43.9 Å². The average Bonchev–Trinajstić information content (AvgIpc) is 2.70. The Labute approximate surface area is 165 Å². The molecule has 0 unspecified atom stereocenters. The molecule has 2 aromatic carbocycles. The Balaban J connectivity index is 1.79. The summed E-state index contributed by atoms with van der Waals surface area (Å²) >= 11 is 0. The minimum atomic E-state index is -0.262. The summed E-state index contributed by atoms with van der Waals surface area (Å²) in [5.41, 5.74) is 2.03. The maximum absolute atomic E-state index is 13.4. The zero-order valence-corrected chi connectivity index (χ0v) is 16.7. The lowest BCUT2D eigenvalue weighted by molar-refractivity contribution is -1.03. The Morgan fingerprint density at radius 1 is 0.821 bits per heavy atom. The maximum Gasteiger partial charge on any atom is 0.280 e. The molecule has 1 fully saturated rings. The third kappa shape index (κ3) is 4.56. The van der Waals surface area contributed by atoms with Crippen LogP contribution in [0.15, 0.2) is 48.5 Å². The predicted octanol–water partition coefficient (Wildman–Crippen LogP) is 0.314. The van der Waals surface area contributed by atoms with Crippen molar-refractivity contribution in [2.45, 2.75) is 19.0 Å². The summed E-state index contributed by atoms with van der Waals surface area (Å²) in [5.74, 6) is -0.379. The molecule has 0 saturated carbocycles. The van der Waals surface area contributed by atoms with Crippen LogP contribution in [0.1, 0.15) is 24.1 Å². The fourth-order valence-corrected chi connectivity index (χ4v) is 4.15. The van der Waals surface area contributed by atoms with Gasteiger partial charge in [0.25, 0.3) is 5.91 Å². The largest absolute Gasteiger partial charge is 0.344 e. The molecule has 0 aromatic heterocycles. The van der Waals surface area contributed by atoms with Crippen molar-refractivity contribution in [1.82, 2.24) is 4.90 Å². The third-order valence-corrected chi connectivity index (χ3v) is 5.77. The van der Waals surface area contributed by atoms with Gasteiger partial charge in [-0.05, 0) is 55.5 Å². The average molecular weight is 389 g/mol. The van der Waals surface area contributed by atoms with Crippen LogP contribution in [0.25, 0.3) is 0 Å². The highest BCUT2D eigenvalue weighted by Crippen LogP contribution is 2.20. The number of carbonyl (C=O) groups excluding carboxylic acids is 1. The van der Waals surface area contributed by atoms with Crippen LogP contribution >= 0.6 is 0 Å². The highest BCUT2D eigenvalue weighted by molar-refractivity contribution is 5.79. The van der Waals surface area contributed by atoms with Crippen LogP contribution in [0, 0.1) is 11.6 Å². The quantitative estimate of drug-likeness (QED) is 0.758. The number of amides is 1. The molecule has 150 valence electrons. The number of halogens is 2. The predicted molar refractivity (Wildman–Crippen MR) is 104 cm³/mol. The van der Waals surface area contributed by atoms with E-state index >= 15 is 0 Å². The van der Waals surface area contributed by atoms with Gasteiger partial charge in [-0.1, -0.05) is 0 Å². The van der Waals surface area contributed by atoms with Gasteiger partial charge < -0.3 is 14.7 Å². The second-order valence-corrected chi connectivity index (χ2v) is 7.81. The van der Waals surface area contributed by atoms with E-state index in [1.807, 2.05) is 31.2 Å². The van der Waals surface area contributed by atoms with Crippen molar-refractivity contribution >= 4 is 5.91 Å². The Morgan fingerprint density at radius 2 is 1.21 bits per heavy atom. The molecule has 6 heteroatoms. The van der Waals surface area contributed by atoms with Crippen LogP contribution in [0.4, 0.5) is 8.78 Å². The van der Waals surface area contributed by atoms with E-state index in [4.69, 9.17) is 0 Å². The van der Waals surface area contributed by atoms with Crippen molar-refractivity contribution in [1.29, 1.82) is 0 Å². The van der Waals surface area contributed by atoms with E-state index in [0.717, 1.165) is 37.3 Å². The van der Waals surface area contributed by atoms with Crippen molar-refractivity contribution in [3.63, 3.8) is 0 Å². The van der Waals surface area contributed by atoms with E-state index in [2.05, 4.69) is 0 Å². The van der Waals surface area contributed by atoms with Gasteiger partial charge in [0.15, 0.2) is 6.04 Å². The number of quaternary nitrogens is 2. The van der Waals surface area contributed by atoms with Gasteiger partial charge >= 0.3 is 0 Å². The lowest BCUT2D eigenvalue weighted by Gasteiger charge is -2.37. The summed E-state index contributed by atoms with van der Waals surface area (Å²) in [6.45, 7) is 5.53. The van der Waals surface area contributed by atoms with E-state index in [1.54, 1.807) is 19.0 Å². The summed E-state index contributed by atoms with van der Waals surface area (Å²) in [5, 5.41) is 0. The number of benzene rings is 2. The molecule has 1 atom stereocenters. The van der Waals surface area contributed by atoms with Crippen molar-refractivity contribution in [2.75, 3.05) is 40.3 Å². The SMILES string of the molecule is C[C@H](C(=O)N(C)C)[NH+]1CC[NH+](C(c2ccc(F)cc2)c2ccc(F)cc2)CC1. The van der Waals surface area contributed by atoms with Crippen molar-refractivity contribution < 1.29 is 23.4 Å². The number of rotatable bonds is 5. The molecule has 1 saturated heterocycles. The van der Waals surface area contributed by atoms with Crippen molar-refractivity contribution in [2.24, 2.45) is 0 Å². The van der Waals surface area contributed by atoms with Crippen LogP contribution in [-0.2, 0) is 4.79 Å². The third-order valence-electron chi connectivity index (χ3n) is 5.77. The number of nitrogens with one attached hydrogen (secondary N) is 2. The molecule has 4 nitrogen and oxygen atoms in total. The Hall–Kier alpha value is -2.31. The summed E-state index contributed by atoms with van der Waals surface area (Å²) in [6, 6.07) is 13.1. The molecular formula is C22H29F2N3O+2. The molecule has 0 bridgehead atoms. The van der Waals surface area contributed by atoms with Gasteiger partial charge in [-0.15, -0.1) is 0 Å². The lowest BCUT2D eigenvalue weighted by atomic mass is 9.96. The van der Waals surface area contributed by atoms with E-state index in [-0.39, 0.29) is 29.6 Å². The molecule has 2 N–H and O–H groups in total. The van der Waals surface area contributed by atoms with Crippen LogP contribution in [0.5, 0.6) is 0 Å². The van der Waals surface area contributed by atoms with Gasteiger partial charge in [0.05, 0.1) is 0 Å². The first-order valence-electron chi connectivity index (χ1n) is 9.78. The normalized spacial score (nSPS) is 20.8. The van der Waals surface area contributed by atoms with Crippen LogP contribution in [0.2, 0.25) is 0 Å². The number of carbonyl (C=O) groups is 1. The van der Waals surface area contributed by atoms with Crippen molar-refractivity contribution in [3.8, 4) is 0 Å². The molecule has 1 heterocycles. The maximum atomic E-state index is 13.4. The van der Waals surface area contributed by atoms with Gasteiger partial charge in [-0.25, -0.2) is 8.78 Å². The lowest BCUT2D eigenvalue weighted by Crippen LogP contribution is -3.30. The summed E-state index contributed by atoms with van der Waals surface area (Å²) < 4.78 is 26.9. The zero-order chi connectivity index (χ0) is 20.3. The fourth-order valence-electron chi connectivity index (χ4n) is 4.15. The molecule has 0 radical (unpaired) electrons. The van der Waals surface area contributed by atoms with Gasteiger partial charge in [-0.2, -0.15) is 0 Å². The molecule has 1 aliphatic heterocycles. The standard InChI is InChI=1S/C22H27F2N3O/c1-16(22(28)25(2)3)26-12-14-27(15-13-26)21(17-4-8-19(23)9-5-17)18-6-10-20(24)11-7-18/h4-11,16,21H,12-15H2,1-3H3/p+2/t16-/m1/s1. The molecule has 0 spiro atoms. The minimum Gasteiger partial charge on any atom is -0.344 e. The van der Waals surface area contributed by atoms with Gasteiger partial charge in [-0.3, -0.25) is 4.79 Å². The fraction of sp³-hybridized carbons (Fsp3) is 0.409. The molecular weight excluding hydrogens is 360 g/mol.